The van der Waals surface area contributed by atoms with Gasteiger partial charge in [0.05, 0.1) is 0 Å². The Kier molecular flexibility index (Phi) is 5.41. The highest BCUT2D eigenvalue weighted by atomic mass is 16.3. The van der Waals surface area contributed by atoms with Crippen LogP contribution in [0.2, 0.25) is 0 Å². The van der Waals surface area contributed by atoms with Gasteiger partial charge in [-0.3, -0.25) is 9.59 Å². The van der Waals surface area contributed by atoms with E-state index in [1.807, 2.05) is 6.92 Å². The number of aliphatic hydroxyl groups excluding tert-OH is 1. The average Bonchev–Trinajstić information content (AvgIpc) is 2.35. The van der Waals surface area contributed by atoms with Crippen molar-refractivity contribution >= 4 is 11.8 Å². The zero-order valence-corrected chi connectivity index (χ0v) is 10.6. The Labute approximate surface area is 102 Å². The number of aliphatic hydroxyl groups is 1. The first-order valence-corrected chi connectivity index (χ1v) is 6.18. The first kappa shape index (κ1) is 14.0. The van der Waals surface area contributed by atoms with Crippen LogP contribution in [0.3, 0.4) is 0 Å². The molecule has 1 saturated heterocycles. The Morgan fingerprint density at radius 3 is 2.47 bits per heavy atom. The van der Waals surface area contributed by atoms with Crippen LogP contribution in [-0.4, -0.2) is 48.1 Å². The summed E-state index contributed by atoms with van der Waals surface area (Å²) in [5, 5.41) is 11.7. The van der Waals surface area contributed by atoms with Gasteiger partial charge in [-0.1, -0.05) is 6.92 Å². The van der Waals surface area contributed by atoms with Crippen molar-refractivity contribution in [2.45, 2.75) is 26.7 Å². The van der Waals surface area contributed by atoms with Crippen LogP contribution in [0.5, 0.6) is 0 Å². The topological polar surface area (TPSA) is 69.6 Å². The van der Waals surface area contributed by atoms with Crippen molar-refractivity contribution in [3.8, 4) is 0 Å². The number of rotatable bonds is 4. The molecule has 1 fully saturated rings. The van der Waals surface area contributed by atoms with E-state index in [-0.39, 0.29) is 30.3 Å². The molecule has 0 aromatic carbocycles. The van der Waals surface area contributed by atoms with Gasteiger partial charge in [0.1, 0.15) is 0 Å². The van der Waals surface area contributed by atoms with E-state index in [1.54, 1.807) is 11.8 Å². The first-order valence-electron chi connectivity index (χ1n) is 6.18. The number of piperidine rings is 1. The van der Waals surface area contributed by atoms with Crippen molar-refractivity contribution in [3.05, 3.63) is 0 Å². The number of hydrogen-bond donors (Lipinski definition) is 2. The minimum atomic E-state index is 0.0106. The second-order valence-electron chi connectivity index (χ2n) is 4.81. The zero-order chi connectivity index (χ0) is 12.8. The summed E-state index contributed by atoms with van der Waals surface area (Å²) >= 11 is 0. The molecular weight excluding hydrogens is 220 g/mol. The number of carbonyl (C=O) groups excluding carboxylic acids is 2. The molecule has 98 valence electrons. The van der Waals surface area contributed by atoms with Gasteiger partial charge >= 0.3 is 0 Å². The normalized spacial score (nSPS) is 18.9. The van der Waals surface area contributed by atoms with E-state index >= 15 is 0 Å². The molecule has 0 saturated carbocycles. The minimum absolute atomic E-state index is 0.0106. The molecule has 0 spiro atoms. The molecule has 1 rings (SSSR count). The van der Waals surface area contributed by atoms with Crippen molar-refractivity contribution in [1.82, 2.24) is 10.2 Å². The molecule has 0 bridgehead atoms. The number of hydrogen-bond acceptors (Lipinski definition) is 3. The standard InChI is InChI=1S/C12H22N2O3/c1-9(8-15)7-13-12(17)11-3-5-14(6-4-11)10(2)16/h9,11,15H,3-8H2,1-2H3,(H,13,17). The molecule has 1 heterocycles. The van der Waals surface area contributed by atoms with E-state index in [2.05, 4.69) is 5.32 Å². The molecular formula is C12H22N2O3. The van der Waals surface area contributed by atoms with Crippen LogP contribution < -0.4 is 5.32 Å². The maximum Gasteiger partial charge on any atom is 0.223 e. The quantitative estimate of drug-likeness (QED) is 0.728. The molecule has 1 aliphatic heterocycles. The zero-order valence-electron chi connectivity index (χ0n) is 10.6. The number of carbonyl (C=O) groups is 2. The van der Waals surface area contributed by atoms with E-state index in [1.165, 1.54) is 0 Å². The van der Waals surface area contributed by atoms with Gasteiger partial charge in [-0.25, -0.2) is 0 Å². The fourth-order valence-electron chi connectivity index (χ4n) is 1.94. The summed E-state index contributed by atoms with van der Waals surface area (Å²) in [6.45, 7) is 5.39. The summed E-state index contributed by atoms with van der Waals surface area (Å²) in [5.74, 6) is 0.235. The molecule has 0 aromatic rings. The summed E-state index contributed by atoms with van der Waals surface area (Å²) < 4.78 is 0. The third-order valence-electron chi connectivity index (χ3n) is 3.25. The van der Waals surface area contributed by atoms with Crippen molar-refractivity contribution in [1.29, 1.82) is 0 Å². The van der Waals surface area contributed by atoms with Gasteiger partial charge in [-0.15, -0.1) is 0 Å². The lowest BCUT2D eigenvalue weighted by atomic mass is 9.95. The smallest absolute Gasteiger partial charge is 0.223 e. The largest absolute Gasteiger partial charge is 0.396 e. The fraction of sp³-hybridized carbons (Fsp3) is 0.833. The summed E-state index contributed by atoms with van der Waals surface area (Å²) in [6.07, 6.45) is 1.47. The molecule has 2 amide bonds. The van der Waals surface area contributed by atoms with Gasteiger partial charge in [0.2, 0.25) is 11.8 Å². The highest BCUT2D eigenvalue weighted by Crippen LogP contribution is 2.17. The lowest BCUT2D eigenvalue weighted by Gasteiger charge is -2.30. The van der Waals surface area contributed by atoms with E-state index in [9.17, 15) is 9.59 Å². The predicted octanol–water partition coefficient (Wildman–Crippen LogP) is -0.0105. The van der Waals surface area contributed by atoms with Crippen LogP contribution in [0, 0.1) is 11.8 Å². The molecule has 17 heavy (non-hydrogen) atoms. The summed E-state index contributed by atoms with van der Waals surface area (Å²) in [7, 11) is 0. The van der Waals surface area contributed by atoms with Gasteiger partial charge in [0.15, 0.2) is 0 Å². The van der Waals surface area contributed by atoms with Crippen molar-refractivity contribution in [2.75, 3.05) is 26.2 Å². The molecule has 0 radical (unpaired) electrons. The summed E-state index contributed by atoms with van der Waals surface area (Å²) in [4.78, 5) is 24.7. The monoisotopic (exact) mass is 242 g/mol. The molecule has 0 aliphatic carbocycles. The number of amides is 2. The Bertz CT molecular complexity index is 273. The molecule has 0 aromatic heterocycles. The number of nitrogens with one attached hydrogen (secondary N) is 1. The third-order valence-corrected chi connectivity index (χ3v) is 3.25. The molecule has 1 aliphatic rings. The SMILES string of the molecule is CC(=O)N1CCC(C(=O)NCC(C)CO)CC1. The molecule has 2 N–H and O–H groups in total. The predicted molar refractivity (Wildman–Crippen MR) is 64.2 cm³/mol. The van der Waals surface area contributed by atoms with Crippen molar-refractivity contribution in [3.63, 3.8) is 0 Å². The Morgan fingerprint density at radius 1 is 1.41 bits per heavy atom. The van der Waals surface area contributed by atoms with E-state index in [0.717, 1.165) is 12.8 Å². The van der Waals surface area contributed by atoms with Gasteiger partial charge in [0, 0.05) is 39.1 Å². The van der Waals surface area contributed by atoms with Crippen LogP contribution in [0.15, 0.2) is 0 Å². The maximum atomic E-state index is 11.8. The molecule has 5 nitrogen and oxygen atoms in total. The highest BCUT2D eigenvalue weighted by molar-refractivity contribution is 5.79. The van der Waals surface area contributed by atoms with E-state index in [0.29, 0.717) is 19.6 Å². The van der Waals surface area contributed by atoms with Crippen LogP contribution in [0.25, 0.3) is 0 Å². The Hall–Kier alpha value is -1.10. The average molecular weight is 242 g/mol. The molecule has 5 heteroatoms. The van der Waals surface area contributed by atoms with Crippen LogP contribution in [-0.2, 0) is 9.59 Å². The van der Waals surface area contributed by atoms with Crippen LogP contribution >= 0.6 is 0 Å². The first-order chi connectivity index (χ1) is 8.04. The number of likely N-dealkylation sites (tertiary alicyclic amines) is 1. The number of nitrogens with zero attached hydrogens (tertiary/aromatic N) is 1. The van der Waals surface area contributed by atoms with Gasteiger partial charge in [-0.2, -0.15) is 0 Å². The molecule has 1 atom stereocenters. The second kappa shape index (κ2) is 6.59. The fourth-order valence-corrected chi connectivity index (χ4v) is 1.94. The maximum absolute atomic E-state index is 11.8. The van der Waals surface area contributed by atoms with Crippen molar-refractivity contribution in [2.24, 2.45) is 11.8 Å². The minimum Gasteiger partial charge on any atom is -0.396 e. The Morgan fingerprint density at radius 2 is 2.00 bits per heavy atom. The van der Waals surface area contributed by atoms with Gasteiger partial charge in [0.25, 0.3) is 0 Å². The molecule has 1 unspecified atom stereocenters. The van der Waals surface area contributed by atoms with E-state index < -0.39 is 0 Å². The summed E-state index contributed by atoms with van der Waals surface area (Å²) in [6, 6.07) is 0. The van der Waals surface area contributed by atoms with Crippen molar-refractivity contribution < 1.29 is 14.7 Å². The second-order valence-corrected chi connectivity index (χ2v) is 4.81. The van der Waals surface area contributed by atoms with Crippen LogP contribution in [0.4, 0.5) is 0 Å². The Balaban J connectivity index is 2.28. The van der Waals surface area contributed by atoms with E-state index in [4.69, 9.17) is 5.11 Å². The lowest BCUT2D eigenvalue weighted by molar-refractivity contribution is -0.134. The van der Waals surface area contributed by atoms with Gasteiger partial charge < -0.3 is 15.3 Å². The lowest BCUT2D eigenvalue weighted by Crippen LogP contribution is -2.43. The van der Waals surface area contributed by atoms with Gasteiger partial charge in [-0.05, 0) is 18.8 Å². The summed E-state index contributed by atoms with van der Waals surface area (Å²) in [5.41, 5.74) is 0. The van der Waals surface area contributed by atoms with Crippen LogP contribution in [0.1, 0.15) is 26.7 Å². The third kappa shape index (κ3) is 4.34. The highest BCUT2D eigenvalue weighted by Gasteiger charge is 2.25.